The number of rotatable bonds is 3. The van der Waals surface area contributed by atoms with Gasteiger partial charge in [0.25, 0.3) is 0 Å². The van der Waals surface area contributed by atoms with Crippen LogP contribution in [-0.4, -0.2) is 15.2 Å². The van der Waals surface area contributed by atoms with Gasteiger partial charge in [0, 0.05) is 6.42 Å². The van der Waals surface area contributed by atoms with E-state index in [2.05, 4.69) is 32.0 Å². The summed E-state index contributed by atoms with van der Waals surface area (Å²) in [5, 5.41) is 11.2. The summed E-state index contributed by atoms with van der Waals surface area (Å²) in [5.74, 6) is 1.80. The van der Waals surface area contributed by atoms with Gasteiger partial charge in [0.15, 0.2) is 5.82 Å². The lowest BCUT2D eigenvalue weighted by molar-refractivity contribution is 0.867. The smallest absolute Gasteiger partial charge is 0.151 e. The van der Waals surface area contributed by atoms with E-state index in [0.29, 0.717) is 0 Å². The van der Waals surface area contributed by atoms with Crippen molar-refractivity contribution in [3.05, 3.63) is 34.0 Å². The van der Waals surface area contributed by atoms with Gasteiger partial charge in [0.2, 0.25) is 0 Å². The molecule has 0 unspecified atom stereocenters. The highest BCUT2D eigenvalue weighted by Gasteiger charge is 2.00. The first-order chi connectivity index (χ1) is 6.34. The van der Waals surface area contributed by atoms with Crippen molar-refractivity contribution in [2.75, 3.05) is 0 Å². The highest BCUT2D eigenvalue weighted by Crippen LogP contribution is 2.08. The fourth-order valence-electron chi connectivity index (χ4n) is 1.19. The van der Waals surface area contributed by atoms with Crippen molar-refractivity contribution >= 4 is 11.3 Å². The SMILES string of the molecule is Cc1nc(CCc2ccsc2)n[nH]1. The minimum Gasteiger partial charge on any atom is -0.263 e. The topological polar surface area (TPSA) is 41.6 Å². The van der Waals surface area contributed by atoms with Crippen LogP contribution in [0.5, 0.6) is 0 Å². The zero-order valence-corrected chi connectivity index (χ0v) is 8.27. The zero-order valence-electron chi connectivity index (χ0n) is 7.45. The van der Waals surface area contributed by atoms with Gasteiger partial charge in [-0.05, 0) is 35.7 Å². The molecule has 0 saturated heterocycles. The molecule has 0 aromatic carbocycles. The summed E-state index contributed by atoms with van der Waals surface area (Å²) >= 11 is 1.73. The predicted octanol–water partition coefficient (Wildman–Crippen LogP) is 1.96. The second-order valence-electron chi connectivity index (χ2n) is 2.97. The Balaban J connectivity index is 1.93. The van der Waals surface area contributed by atoms with Crippen LogP contribution in [0.25, 0.3) is 0 Å². The largest absolute Gasteiger partial charge is 0.263 e. The summed E-state index contributed by atoms with van der Waals surface area (Å²) in [4.78, 5) is 4.25. The van der Waals surface area contributed by atoms with E-state index in [1.165, 1.54) is 5.56 Å². The number of nitrogens with zero attached hydrogens (tertiary/aromatic N) is 2. The molecule has 0 atom stereocenters. The van der Waals surface area contributed by atoms with Gasteiger partial charge in [0.1, 0.15) is 5.82 Å². The highest BCUT2D eigenvalue weighted by molar-refractivity contribution is 7.07. The standard InChI is InChI=1S/C9H11N3S/c1-7-10-9(12-11-7)3-2-8-4-5-13-6-8/h4-6H,2-3H2,1H3,(H,10,11,12). The number of hydrogen-bond donors (Lipinski definition) is 1. The van der Waals surface area contributed by atoms with E-state index in [0.717, 1.165) is 24.5 Å². The van der Waals surface area contributed by atoms with Gasteiger partial charge in [-0.1, -0.05) is 0 Å². The average Bonchev–Trinajstić information content (AvgIpc) is 2.71. The molecule has 2 aromatic heterocycles. The van der Waals surface area contributed by atoms with E-state index in [1.807, 2.05) is 6.92 Å². The molecular weight excluding hydrogens is 182 g/mol. The van der Waals surface area contributed by atoms with Crippen molar-refractivity contribution < 1.29 is 0 Å². The molecule has 0 bridgehead atoms. The molecule has 0 fully saturated rings. The fraction of sp³-hybridized carbons (Fsp3) is 0.333. The van der Waals surface area contributed by atoms with Gasteiger partial charge in [-0.25, -0.2) is 4.98 Å². The molecule has 2 aromatic rings. The van der Waals surface area contributed by atoms with Crippen LogP contribution in [-0.2, 0) is 12.8 Å². The van der Waals surface area contributed by atoms with E-state index in [1.54, 1.807) is 11.3 Å². The van der Waals surface area contributed by atoms with Crippen LogP contribution >= 0.6 is 11.3 Å². The Morgan fingerprint density at radius 1 is 1.46 bits per heavy atom. The first-order valence-electron chi connectivity index (χ1n) is 4.23. The van der Waals surface area contributed by atoms with E-state index >= 15 is 0 Å². The summed E-state index contributed by atoms with van der Waals surface area (Å²) in [7, 11) is 0. The van der Waals surface area contributed by atoms with Crippen molar-refractivity contribution in [3.8, 4) is 0 Å². The third-order valence-corrected chi connectivity index (χ3v) is 2.59. The van der Waals surface area contributed by atoms with E-state index < -0.39 is 0 Å². The number of hydrogen-bond acceptors (Lipinski definition) is 3. The Morgan fingerprint density at radius 2 is 2.38 bits per heavy atom. The highest BCUT2D eigenvalue weighted by atomic mass is 32.1. The van der Waals surface area contributed by atoms with Crippen molar-refractivity contribution in [3.63, 3.8) is 0 Å². The molecule has 4 heteroatoms. The molecule has 2 heterocycles. The average molecular weight is 193 g/mol. The number of aromatic nitrogens is 3. The van der Waals surface area contributed by atoms with E-state index in [9.17, 15) is 0 Å². The molecule has 0 amide bonds. The summed E-state index contributed by atoms with van der Waals surface area (Å²) in [6.07, 6.45) is 1.95. The predicted molar refractivity (Wildman–Crippen MR) is 52.8 cm³/mol. The van der Waals surface area contributed by atoms with Crippen molar-refractivity contribution in [2.24, 2.45) is 0 Å². The second kappa shape index (κ2) is 3.70. The summed E-state index contributed by atoms with van der Waals surface area (Å²) in [5.41, 5.74) is 1.37. The molecule has 3 nitrogen and oxygen atoms in total. The Kier molecular flexibility index (Phi) is 2.40. The van der Waals surface area contributed by atoms with Crippen molar-refractivity contribution in [1.29, 1.82) is 0 Å². The lowest BCUT2D eigenvalue weighted by Crippen LogP contribution is -1.91. The van der Waals surface area contributed by atoms with Gasteiger partial charge < -0.3 is 0 Å². The molecule has 0 aliphatic carbocycles. The number of nitrogens with one attached hydrogen (secondary N) is 1. The lowest BCUT2D eigenvalue weighted by atomic mass is 10.2. The Hall–Kier alpha value is -1.16. The molecule has 0 radical (unpaired) electrons. The maximum absolute atomic E-state index is 4.25. The molecule has 0 spiro atoms. The number of aromatic amines is 1. The number of aryl methyl sites for hydroxylation is 3. The molecule has 68 valence electrons. The Labute approximate surface area is 80.8 Å². The van der Waals surface area contributed by atoms with Crippen molar-refractivity contribution in [1.82, 2.24) is 15.2 Å². The van der Waals surface area contributed by atoms with Crippen LogP contribution in [0.3, 0.4) is 0 Å². The van der Waals surface area contributed by atoms with Gasteiger partial charge in [-0.3, -0.25) is 5.10 Å². The summed E-state index contributed by atoms with van der Waals surface area (Å²) in [6.45, 7) is 1.92. The van der Waals surface area contributed by atoms with Crippen LogP contribution < -0.4 is 0 Å². The zero-order chi connectivity index (χ0) is 9.10. The molecule has 2 rings (SSSR count). The monoisotopic (exact) mass is 193 g/mol. The van der Waals surface area contributed by atoms with Gasteiger partial charge >= 0.3 is 0 Å². The van der Waals surface area contributed by atoms with E-state index in [-0.39, 0.29) is 0 Å². The molecular formula is C9H11N3S. The minimum absolute atomic E-state index is 0.889. The Morgan fingerprint density at radius 3 is 3.00 bits per heavy atom. The van der Waals surface area contributed by atoms with Crippen molar-refractivity contribution in [2.45, 2.75) is 19.8 Å². The maximum Gasteiger partial charge on any atom is 0.151 e. The van der Waals surface area contributed by atoms with Crippen LogP contribution in [0.4, 0.5) is 0 Å². The van der Waals surface area contributed by atoms with Gasteiger partial charge in [-0.2, -0.15) is 16.4 Å². The van der Waals surface area contributed by atoms with E-state index in [4.69, 9.17) is 0 Å². The second-order valence-corrected chi connectivity index (χ2v) is 3.75. The third-order valence-electron chi connectivity index (χ3n) is 1.86. The van der Waals surface area contributed by atoms with Crippen LogP contribution in [0.15, 0.2) is 16.8 Å². The maximum atomic E-state index is 4.25. The third kappa shape index (κ3) is 2.15. The first-order valence-corrected chi connectivity index (χ1v) is 5.18. The normalized spacial score (nSPS) is 10.5. The molecule has 13 heavy (non-hydrogen) atoms. The Bertz CT molecular complexity index is 364. The van der Waals surface area contributed by atoms with Crippen LogP contribution in [0.1, 0.15) is 17.2 Å². The quantitative estimate of drug-likeness (QED) is 0.809. The fourth-order valence-corrected chi connectivity index (χ4v) is 1.90. The number of H-pyrrole nitrogens is 1. The van der Waals surface area contributed by atoms with Gasteiger partial charge in [0.05, 0.1) is 0 Å². The number of thiophene rings is 1. The summed E-state index contributed by atoms with van der Waals surface area (Å²) < 4.78 is 0. The van der Waals surface area contributed by atoms with Crippen LogP contribution in [0, 0.1) is 6.92 Å². The minimum atomic E-state index is 0.889. The van der Waals surface area contributed by atoms with Crippen LogP contribution in [0.2, 0.25) is 0 Å². The molecule has 0 aliphatic heterocycles. The lowest BCUT2D eigenvalue weighted by Gasteiger charge is -1.91. The molecule has 1 N–H and O–H groups in total. The summed E-state index contributed by atoms with van der Waals surface area (Å²) in [6, 6.07) is 2.14. The van der Waals surface area contributed by atoms with Gasteiger partial charge in [-0.15, -0.1) is 0 Å². The molecule has 0 aliphatic rings. The first kappa shape index (κ1) is 8.44. The molecule has 0 saturated carbocycles.